The Labute approximate surface area is 97.5 Å². The molecule has 92 valence electrons. The highest BCUT2D eigenvalue weighted by atomic mass is 32.2. The van der Waals surface area contributed by atoms with E-state index >= 15 is 0 Å². The summed E-state index contributed by atoms with van der Waals surface area (Å²) in [5.41, 5.74) is 2.89. The summed E-state index contributed by atoms with van der Waals surface area (Å²) >= 11 is 0. The van der Waals surface area contributed by atoms with E-state index in [4.69, 9.17) is 5.14 Å². The third kappa shape index (κ3) is 3.35. The van der Waals surface area contributed by atoms with E-state index in [1.54, 1.807) is 0 Å². The molecule has 1 aromatic rings. The van der Waals surface area contributed by atoms with E-state index in [1.165, 1.54) is 0 Å². The van der Waals surface area contributed by atoms with E-state index in [2.05, 4.69) is 18.4 Å². The fourth-order valence-corrected chi connectivity index (χ4v) is 2.61. The van der Waals surface area contributed by atoms with Gasteiger partial charge in [-0.2, -0.15) is 0 Å². The van der Waals surface area contributed by atoms with Crippen LogP contribution in [-0.4, -0.2) is 13.0 Å². The lowest BCUT2D eigenvalue weighted by Crippen LogP contribution is -2.15. The Kier molecular flexibility index (Phi) is 3.80. The van der Waals surface area contributed by atoms with Gasteiger partial charge in [-0.1, -0.05) is 13.8 Å². The summed E-state index contributed by atoms with van der Waals surface area (Å²) in [6.07, 6.45) is 0. The summed E-state index contributed by atoms with van der Waals surface area (Å²) in [6.45, 7) is 9.11. The van der Waals surface area contributed by atoms with Crippen LogP contribution in [0, 0.1) is 19.8 Å². The summed E-state index contributed by atoms with van der Waals surface area (Å²) in [6, 6.07) is 1.90. The molecule has 0 aliphatic rings. The first-order chi connectivity index (χ1) is 7.20. The van der Waals surface area contributed by atoms with Gasteiger partial charge in [0, 0.05) is 17.9 Å². The molecule has 0 radical (unpaired) electrons. The van der Waals surface area contributed by atoms with Crippen molar-refractivity contribution >= 4 is 10.0 Å². The quantitative estimate of drug-likeness (QED) is 0.873. The van der Waals surface area contributed by atoms with Crippen molar-refractivity contribution in [2.45, 2.75) is 40.0 Å². The molecule has 0 amide bonds. The average molecular weight is 244 g/mol. The second-order valence-corrected chi connectivity index (χ2v) is 6.32. The highest BCUT2D eigenvalue weighted by Crippen LogP contribution is 2.18. The van der Waals surface area contributed by atoms with Gasteiger partial charge < -0.3 is 4.57 Å². The van der Waals surface area contributed by atoms with Crippen LogP contribution in [-0.2, 0) is 22.3 Å². The van der Waals surface area contributed by atoms with Crippen LogP contribution in [0.3, 0.4) is 0 Å². The van der Waals surface area contributed by atoms with Crippen LogP contribution < -0.4 is 5.14 Å². The van der Waals surface area contributed by atoms with Gasteiger partial charge in [-0.15, -0.1) is 0 Å². The maximum Gasteiger partial charge on any atom is 0.213 e. The van der Waals surface area contributed by atoms with Gasteiger partial charge in [0.1, 0.15) is 0 Å². The highest BCUT2D eigenvalue weighted by molar-refractivity contribution is 7.88. The topological polar surface area (TPSA) is 65.1 Å². The van der Waals surface area contributed by atoms with Gasteiger partial charge in [-0.05, 0) is 31.4 Å². The van der Waals surface area contributed by atoms with Crippen molar-refractivity contribution in [1.82, 2.24) is 4.57 Å². The molecule has 16 heavy (non-hydrogen) atoms. The molecule has 0 bridgehead atoms. The van der Waals surface area contributed by atoms with Crippen molar-refractivity contribution in [3.05, 3.63) is 23.0 Å². The second-order valence-electron chi connectivity index (χ2n) is 4.71. The number of hydrogen-bond acceptors (Lipinski definition) is 2. The minimum atomic E-state index is -3.44. The zero-order valence-electron chi connectivity index (χ0n) is 10.3. The van der Waals surface area contributed by atoms with Crippen LogP contribution >= 0.6 is 0 Å². The van der Waals surface area contributed by atoms with Gasteiger partial charge in [-0.3, -0.25) is 0 Å². The molecule has 1 heterocycles. The van der Waals surface area contributed by atoms with Gasteiger partial charge in [-0.25, -0.2) is 13.6 Å². The molecule has 0 spiro atoms. The largest absolute Gasteiger partial charge is 0.349 e. The summed E-state index contributed by atoms with van der Waals surface area (Å²) in [5.74, 6) is 0.456. The number of nitrogens with two attached hydrogens (primary N) is 1. The van der Waals surface area contributed by atoms with Gasteiger partial charge in [0.2, 0.25) is 10.0 Å². The lowest BCUT2D eigenvalue weighted by atomic mass is 10.2. The zero-order valence-corrected chi connectivity index (χ0v) is 11.1. The van der Waals surface area contributed by atoms with Gasteiger partial charge in [0.15, 0.2) is 0 Å². The molecule has 0 aliphatic heterocycles. The fraction of sp³-hybridized carbons (Fsp3) is 0.636. The summed E-state index contributed by atoms with van der Waals surface area (Å²) < 4.78 is 24.3. The number of nitrogens with zero attached hydrogens (tertiary/aromatic N) is 1. The first-order valence-corrected chi connectivity index (χ1v) is 7.08. The van der Waals surface area contributed by atoms with Crippen LogP contribution in [0.5, 0.6) is 0 Å². The summed E-state index contributed by atoms with van der Waals surface area (Å²) in [5, 5.41) is 5.06. The smallest absolute Gasteiger partial charge is 0.213 e. The normalized spacial score (nSPS) is 12.4. The number of hydrogen-bond donors (Lipinski definition) is 1. The number of aryl methyl sites for hydroxylation is 1. The van der Waals surface area contributed by atoms with Gasteiger partial charge >= 0.3 is 0 Å². The fourth-order valence-electron chi connectivity index (χ4n) is 1.88. The minimum absolute atomic E-state index is 0.0786. The predicted octanol–water partition coefficient (Wildman–Crippen LogP) is 1.55. The monoisotopic (exact) mass is 244 g/mol. The molecule has 0 atom stereocenters. The Balaban J connectivity index is 3.06. The molecule has 0 saturated carbocycles. The Morgan fingerprint density at radius 3 is 2.38 bits per heavy atom. The van der Waals surface area contributed by atoms with Crippen LogP contribution in [0.2, 0.25) is 0 Å². The molecule has 0 aliphatic carbocycles. The second kappa shape index (κ2) is 4.59. The van der Waals surface area contributed by atoms with Crippen LogP contribution in [0.15, 0.2) is 6.07 Å². The van der Waals surface area contributed by atoms with Crippen LogP contribution in [0.4, 0.5) is 0 Å². The third-order valence-corrected chi connectivity index (χ3v) is 3.30. The maximum absolute atomic E-state index is 11.1. The molecule has 0 saturated heterocycles. The number of sulfonamides is 1. The number of aromatic nitrogens is 1. The molecule has 0 unspecified atom stereocenters. The average Bonchev–Trinajstić information content (AvgIpc) is 2.29. The van der Waals surface area contributed by atoms with E-state index in [0.717, 1.165) is 23.5 Å². The SMILES string of the molecule is Cc1cc(CS(N)(=O)=O)c(C)n1CC(C)C. The van der Waals surface area contributed by atoms with Crippen molar-refractivity contribution in [2.24, 2.45) is 11.1 Å². The first kappa shape index (κ1) is 13.3. The van der Waals surface area contributed by atoms with Crippen molar-refractivity contribution in [2.75, 3.05) is 0 Å². The van der Waals surface area contributed by atoms with E-state index in [9.17, 15) is 8.42 Å². The molecule has 1 rings (SSSR count). The molecular weight excluding hydrogens is 224 g/mol. The molecular formula is C11H20N2O2S. The highest BCUT2D eigenvalue weighted by Gasteiger charge is 2.14. The Bertz CT molecular complexity index is 472. The maximum atomic E-state index is 11.1. The summed E-state index contributed by atoms with van der Waals surface area (Å²) in [7, 11) is -3.44. The number of primary sulfonamides is 1. The van der Waals surface area contributed by atoms with Crippen molar-refractivity contribution < 1.29 is 8.42 Å². The lowest BCUT2D eigenvalue weighted by molar-refractivity contribution is 0.508. The third-order valence-electron chi connectivity index (χ3n) is 2.58. The van der Waals surface area contributed by atoms with Gasteiger partial charge in [0.05, 0.1) is 5.75 Å². The molecule has 0 aromatic carbocycles. The van der Waals surface area contributed by atoms with E-state index in [1.807, 2.05) is 19.9 Å². The Morgan fingerprint density at radius 1 is 1.38 bits per heavy atom. The Morgan fingerprint density at radius 2 is 1.94 bits per heavy atom. The lowest BCUT2D eigenvalue weighted by Gasteiger charge is -2.12. The van der Waals surface area contributed by atoms with Crippen LogP contribution in [0.25, 0.3) is 0 Å². The molecule has 4 nitrogen and oxygen atoms in total. The first-order valence-electron chi connectivity index (χ1n) is 5.37. The summed E-state index contributed by atoms with van der Waals surface area (Å²) in [4.78, 5) is 0. The zero-order chi connectivity index (χ0) is 12.5. The Hall–Kier alpha value is -0.810. The van der Waals surface area contributed by atoms with Crippen molar-refractivity contribution in [3.8, 4) is 0 Å². The van der Waals surface area contributed by atoms with Crippen molar-refractivity contribution in [3.63, 3.8) is 0 Å². The van der Waals surface area contributed by atoms with Crippen LogP contribution in [0.1, 0.15) is 30.8 Å². The molecule has 5 heteroatoms. The standard InChI is InChI=1S/C11H20N2O2S/c1-8(2)6-13-9(3)5-11(10(13)4)7-16(12,14)15/h5,8H,6-7H2,1-4H3,(H2,12,14,15). The number of rotatable bonds is 4. The van der Waals surface area contributed by atoms with Crippen molar-refractivity contribution in [1.29, 1.82) is 0 Å². The van der Waals surface area contributed by atoms with E-state index in [-0.39, 0.29) is 5.75 Å². The van der Waals surface area contributed by atoms with E-state index < -0.39 is 10.0 Å². The van der Waals surface area contributed by atoms with Gasteiger partial charge in [0.25, 0.3) is 0 Å². The molecule has 2 N–H and O–H groups in total. The minimum Gasteiger partial charge on any atom is -0.349 e. The molecule has 1 aromatic heterocycles. The molecule has 0 fully saturated rings. The predicted molar refractivity (Wildman–Crippen MR) is 65.6 cm³/mol. The van der Waals surface area contributed by atoms with E-state index in [0.29, 0.717) is 5.92 Å².